The van der Waals surface area contributed by atoms with Crippen LogP contribution in [0.1, 0.15) is 32.6 Å². The van der Waals surface area contributed by atoms with Crippen LogP contribution in [-0.2, 0) is 14.4 Å². The van der Waals surface area contributed by atoms with Crippen molar-refractivity contribution in [3.05, 3.63) is 12.2 Å². The van der Waals surface area contributed by atoms with Crippen molar-refractivity contribution in [3.63, 3.8) is 0 Å². The molecule has 0 radical (unpaired) electrons. The average Bonchev–Trinajstić information content (AvgIpc) is 3.27. The van der Waals surface area contributed by atoms with Gasteiger partial charge in [-0.05, 0) is 36.5 Å². The van der Waals surface area contributed by atoms with Crippen LogP contribution in [0.5, 0.6) is 0 Å². The van der Waals surface area contributed by atoms with Gasteiger partial charge in [-0.1, -0.05) is 31.9 Å². The minimum atomic E-state index is -1.31. The Morgan fingerprint density at radius 2 is 1.77 bits per heavy atom. The Kier molecular flexibility index (Phi) is 2.97. The highest BCUT2D eigenvalue weighted by Gasteiger charge is 2.67. The second-order valence-electron chi connectivity index (χ2n) is 7.18. The normalized spacial score (nSPS) is 42.3. The number of likely N-dealkylation sites (tertiary alicyclic amines) is 1. The largest absolute Gasteiger partial charge is 0.548 e. The molecule has 3 fully saturated rings. The predicted molar refractivity (Wildman–Crippen MR) is 74.9 cm³/mol. The van der Waals surface area contributed by atoms with Gasteiger partial charge in [-0.3, -0.25) is 14.5 Å². The molecule has 2 amide bonds. The minimum Gasteiger partial charge on any atom is -0.548 e. The molecule has 2 saturated carbocycles. The van der Waals surface area contributed by atoms with E-state index in [-0.39, 0.29) is 35.5 Å². The summed E-state index contributed by atoms with van der Waals surface area (Å²) in [5.41, 5.74) is 0. The molecule has 5 heteroatoms. The van der Waals surface area contributed by atoms with E-state index in [1.54, 1.807) is 0 Å². The molecule has 0 unspecified atom stereocenters. The lowest BCUT2D eigenvalue weighted by Crippen LogP contribution is -2.51. The summed E-state index contributed by atoms with van der Waals surface area (Å²) in [5.74, 6) is -1.17. The molecule has 4 aliphatic carbocycles. The van der Waals surface area contributed by atoms with Crippen molar-refractivity contribution < 1.29 is 19.5 Å². The van der Waals surface area contributed by atoms with Gasteiger partial charge in [0.15, 0.2) is 0 Å². The van der Waals surface area contributed by atoms with Crippen molar-refractivity contribution in [1.29, 1.82) is 0 Å². The number of amides is 2. The van der Waals surface area contributed by atoms with Gasteiger partial charge >= 0.3 is 0 Å². The van der Waals surface area contributed by atoms with Crippen LogP contribution < -0.4 is 5.11 Å². The zero-order valence-corrected chi connectivity index (χ0v) is 12.6. The Labute approximate surface area is 129 Å². The summed E-state index contributed by atoms with van der Waals surface area (Å²) >= 11 is 0. The predicted octanol–water partition coefficient (Wildman–Crippen LogP) is 0.348. The summed E-state index contributed by atoms with van der Waals surface area (Å²) < 4.78 is 0. The molecule has 5 aliphatic rings. The summed E-state index contributed by atoms with van der Waals surface area (Å²) in [7, 11) is 0. The first kappa shape index (κ1) is 14.0. The van der Waals surface area contributed by atoms with E-state index in [1.165, 1.54) is 0 Å². The third kappa shape index (κ3) is 1.68. The van der Waals surface area contributed by atoms with E-state index in [0.29, 0.717) is 24.7 Å². The monoisotopic (exact) mass is 302 g/mol. The van der Waals surface area contributed by atoms with Crippen molar-refractivity contribution in [1.82, 2.24) is 4.90 Å². The molecular weight excluding hydrogens is 282 g/mol. The Bertz CT molecular complexity index is 547. The number of aliphatic carboxylic acids is 1. The Hall–Kier alpha value is -1.65. The fraction of sp³-hybridized carbons (Fsp3) is 0.706. The van der Waals surface area contributed by atoms with Crippen LogP contribution in [0.2, 0.25) is 0 Å². The summed E-state index contributed by atoms with van der Waals surface area (Å²) in [6.07, 6.45) is 7.08. The summed E-state index contributed by atoms with van der Waals surface area (Å²) in [5, 5.41) is 11.5. The van der Waals surface area contributed by atoms with Crippen molar-refractivity contribution in [2.24, 2.45) is 35.5 Å². The van der Waals surface area contributed by atoms with Gasteiger partial charge in [0, 0.05) is 0 Å². The molecule has 0 N–H and O–H groups in total. The van der Waals surface area contributed by atoms with Crippen LogP contribution >= 0.6 is 0 Å². The summed E-state index contributed by atoms with van der Waals surface area (Å²) in [6.45, 7) is 1.96. The standard InChI is InChI=1S/C17H21NO4/c1-2-3-4-12(17(21)22)18-15(19)13-8-5-6-9(11-7-10(8)11)14(13)16(18)20/h5-6,8-14H,2-4,7H2,1H3,(H,21,22)/p-1/t8-,9+,10-,11+,12-,13+,14-/m0/s1. The number of carboxylic acid groups (broad SMARTS) is 1. The van der Waals surface area contributed by atoms with Gasteiger partial charge in [-0.15, -0.1) is 0 Å². The SMILES string of the molecule is CCCC[C@@H](C(=O)[O-])N1C(=O)[C@@H]2[C@H]3C=C[C@H]([C@H]4C[C@@H]34)[C@@H]2C1=O. The third-order valence-corrected chi connectivity index (χ3v) is 6.11. The zero-order valence-electron chi connectivity index (χ0n) is 12.6. The number of carboxylic acids is 1. The van der Waals surface area contributed by atoms with Crippen LogP contribution in [0.3, 0.4) is 0 Å². The van der Waals surface area contributed by atoms with E-state index in [4.69, 9.17) is 0 Å². The molecule has 0 aromatic carbocycles. The van der Waals surface area contributed by atoms with Crippen LogP contribution in [0, 0.1) is 35.5 Å². The van der Waals surface area contributed by atoms with Gasteiger partial charge < -0.3 is 9.90 Å². The summed E-state index contributed by atoms with van der Waals surface area (Å²) in [4.78, 5) is 38.1. The number of nitrogens with zero attached hydrogens (tertiary/aromatic N) is 1. The van der Waals surface area contributed by atoms with E-state index < -0.39 is 12.0 Å². The number of unbranched alkanes of at least 4 members (excludes halogenated alkanes) is 1. The molecule has 7 atom stereocenters. The number of imide groups is 1. The second kappa shape index (κ2) is 4.67. The maximum absolute atomic E-state index is 12.8. The van der Waals surface area contributed by atoms with Crippen LogP contribution in [0.15, 0.2) is 12.2 Å². The maximum Gasteiger partial charge on any atom is 0.234 e. The highest BCUT2D eigenvalue weighted by Crippen LogP contribution is 2.65. The molecule has 1 heterocycles. The maximum atomic E-state index is 12.8. The van der Waals surface area contributed by atoms with Crippen molar-refractivity contribution in [2.45, 2.75) is 38.6 Å². The van der Waals surface area contributed by atoms with E-state index in [0.717, 1.165) is 17.7 Å². The highest BCUT2D eigenvalue weighted by atomic mass is 16.4. The lowest BCUT2D eigenvalue weighted by Gasteiger charge is -2.37. The van der Waals surface area contributed by atoms with E-state index >= 15 is 0 Å². The molecule has 1 aliphatic heterocycles. The molecule has 0 spiro atoms. The smallest absolute Gasteiger partial charge is 0.234 e. The average molecular weight is 302 g/mol. The highest BCUT2D eigenvalue weighted by molar-refractivity contribution is 6.08. The number of allylic oxidation sites excluding steroid dienone is 2. The number of carbonyl (C=O) groups is 3. The molecular formula is C17H20NO4-. The topological polar surface area (TPSA) is 77.5 Å². The Morgan fingerprint density at radius 1 is 1.23 bits per heavy atom. The molecule has 0 aromatic heterocycles. The number of hydrogen-bond donors (Lipinski definition) is 0. The zero-order chi connectivity index (χ0) is 15.6. The van der Waals surface area contributed by atoms with Crippen LogP contribution in [-0.4, -0.2) is 28.7 Å². The fourth-order valence-electron chi connectivity index (χ4n) is 5.04. The lowest BCUT2D eigenvalue weighted by molar-refractivity contribution is -0.311. The quantitative estimate of drug-likeness (QED) is 0.542. The van der Waals surface area contributed by atoms with Gasteiger partial charge in [0.1, 0.15) is 0 Å². The van der Waals surface area contributed by atoms with Gasteiger partial charge in [0.25, 0.3) is 0 Å². The van der Waals surface area contributed by atoms with Crippen LogP contribution in [0.4, 0.5) is 0 Å². The molecule has 5 rings (SSSR count). The van der Waals surface area contributed by atoms with Crippen molar-refractivity contribution in [2.75, 3.05) is 0 Å². The molecule has 1 saturated heterocycles. The lowest BCUT2D eigenvalue weighted by atomic mass is 9.63. The Balaban J connectivity index is 1.65. The third-order valence-electron chi connectivity index (χ3n) is 6.11. The number of rotatable bonds is 5. The molecule has 118 valence electrons. The Morgan fingerprint density at radius 3 is 2.23 bits per heavy atom. The van der Waals surface area contributed by atoms with Gasteiger partial charge in [0.2, 0.25) is 11.8 Å². The van der Waals surface area contributed by atoms with Gasteiger partial charge in [-0.2, -0.15) is 0 Å². The second-order valence-corrected chi connectivity index (χ2v) is 7.18. The number of carbonyl (C=O) groups excluding carboxylic acids is 3. The first-order chi connectivity index (χ1) is 10.6. The minimum absolute atomic E-state index is 0.134. The van der Waals surface area contributed by atoms with Crippen LogP contribution in [0.25, 0.3) is 0 Å². The van der Waals surface area contributed by atoms with E-state index in [2.05, 4.69) is 12.2 Å². The molecule has 22 heavy (non-hydrogen) atoms. The van der Waals surface area contributed by atoms with Gasteiger partial charge in [0.05, 0.1) is 23.8 Å². The number of hydrogen-bond acceptors (Lipinski definition) is 4. The van der Waals surface area contributed by atoms with E-state index in [9.17, 15) is 19.5 Å². The van der Waals surface area contributed by atoms with Crippen molar-refractivity contribution >= 4 is 17.8 Å². The molecule has 2 bridgehead atoms. The first-order valence-electron chi connectivity index (χ1n) is 8.32. The fourth-order valence-corrected chi connectivity index (χ4v) is 5.04. The summed E-state index contributed by atoms with van der Waals surface area (Å²) in [6, 6.07) is -1.10. The van der Waals surface area contributed by atoms with Gasteiger partial charge in [-0.25, -0.2) is 0 Å². The molecule has 0 aromatic rings. The van der Waals surface area contributed by atoms with E-state index in [1.807, 2.05) is 6.92 Å². The molecule has 5 nitrogen and oxygen atoms in total. The first-order valence-corrected chi connectivity index (χ1v) is 8.32. The van der Waals surface area contributed by atoms with Crippen molar-refractivity contribution in [3.8, 4) is 0 Å².